The monoisotopic (exact) mass is 452 g/mol. The predicted octanol–water partition coefficient (Wildman–Crippen LogP) is 2.61. The first-order valence-electron chi connectivity index (χ1n) is 11.5. The minimum Gasteiger partial charge on any atom is -0.495 e. The number of likely N-dealkylation sites (tertiary alicyclic amines) is 1. The number of ether oxygens (including phenoxy) is 2. The van der Waals surface area contributed by atoms with E-state index in [-0.39, 0.29) is 16.5 Å². The first-order valence-corrected chi connectivity index (χ1v) is 12.5. The Balaban J connectivity index is 1.70. The van der Waals surface area contributed by atoms with Crippen molar-refractivity contribution in [2.75, 3.05) is 27.3 Å². The second kappa shape index (κ2) is 11.3. The highest BCUT2D eigenvalue weighted by Crippen LogP contribution is 2.28. The first-order chi connectivity index (χ1) is 15.0. The maximum Gasteiger partial charge on any atom is 0.250 e. The molecule has 174 valence electrons. The Hall–Kier alpha value is -1.64. The normalized spacial score (nSPS) is 26.3. The summed E-state index contributed by atoms with van der Waals surface area (Å²) < 4.78 is 34.4. The number of rotatable bonds is 6. The lowest BCUT2D eigenvalue weighted by atomic mass is 9.94. The average molecular weight is 453 g/mol. The van der Waals surface area contributed by atoms with E-state index in [1.54, 1.807) is 13.0 Å². The third-order valence-corrected chi connectivity index (χ3v) is 7.58. The molecule has 2 fully saturated rings. The minimum absolute atomic E-state index is 0.0350. The summed E-state index contributed by atoms with van der Waals surface area (Å²) >= 11 is 0. The van der Waals surface area contributed by atoms with Crippen LogP contribution in [-0.2, 0) is 24.6 Å². The Bertz CT molecular complexity index is 845. The van der Waals surface area contributed by atoms with Crippen LogP contribution in [0.25, 0.3) is 0 Å². The molecule has 2 atom stereocenters. The number of nitrogens with zero attached hydrogens (tertiary/aromatic N) is 1. The van der Waals surface area contributed by atoms with Gasteiger partial charge in [0.05, 0.1) is 12.7 Å². The first kappa shape index (κ1) is 24.0. The molecule has 0 spiro atoms. The summed E-state index contributed by atoms with van der Waals surface area (Å²) in [5.74, 6) is -0.0446. The summed E-state index contributed by atoms with van der Waals surface area (Å²) in [5.41, 5.74) is 0.896. The average Bonchev–Trinajstić information content (AvgIpc) is 3.19. The van der Waals surface area contributed by atoms with Crippen molar-refractivity contribution in [2.45, 2.75) is 82.9 Å². The zero-order chi connectivity index (χ0) is 22.4. The van der Waals surface area contributed by atoms with Crippen molar-refractivity contribution in [1.82, 2.24) is 10.2 Å². The highest BCUT2D eigenvalue weighted by atomic mass is 32.2. The number of hydrogen-bond donors (Lipinski definition) is 1. The van der Waals surface area contributed by atoms with Crippen LogP contribution in [0.5, 0.6) is 0 Å². The fraction of sp³-hybridized carbons (Fsp3) is 0.739. The molecule has 8 heteroatoms. The van der Waals surface area contributed by atoms with Crippen molar-refractivity contribution in [1.29, 1.82) is 0 Å². The summed E-state index contributed by atoms with van der Waals surface area (Å²) in [7, 11) is 0.263. The van der Waals surface area contributed by atoms with E-state index in [9.17, 15) is 13.2 Å². The van der Waals surface area contributed by atoms with Gasteiger partial charge in [0.1, 0.15) is 16.7 Å². The van der Waals surface area contributed by atoms with Gasteiger partial charge in [-0.25, -0.2) is 0 Å². The highest BCUT2D eigenvalue weighted by Gasteiger charge is 2.36. The maximum absolute atomic E-state index is 13.1. The molecule has 0 aromatic carbocycles. The highest BCUT2D eigenvalue weighted by molar-refractivity contribution is 7.73. The lowest BCUT2D eigenvalue weighted by Crippen LogP contribution is -2.47. The van der Waals surface area contributed by atoms with Crippen LogP contribution in [0.15, 0.2) is 23.0 Å². The largest absolute Gasteiger partial charge is 0.495 e. The maximum atomic E-state index is 13.1. The Morgan fingerprint density at radius 1 is 1.10 bits per heavy atom. The fourth-order valence-corrected chi connectivity index (χ4v) is 6.10. The van der Waals surface area contributed by atoms with E-state index in [0.717, 1.165) is 19.4 Å². The van der Waals surface area contributed by atoms with Crippen molar-refractivity contribution >= 4 is 21.1 Å². The molecule has 0 aromatic rings. The molecule has 1 N–H and O–H groups in total. The van der Waals surface area contributed by atoms with Crippen LogP contribution in [0, 0.1) is 0 Å². The number of nitrogens with one attached hydrogen (secondary N) is 1. The van der Waals surface area contributed by atoms with E-state index in [4.69, 9.17) is 9.47 Å². The molecule has 0 bridgehead atoms. The minimum atomic E-state index is -2.56. The van der Waals surface area contributed by atoms with E-state index in [2.05, 4.69) is 10.2 Å². The molecule has 1 aliphatic heterocycles. The zero-order valence-corrected chi connectivity index (χ0v) is 19.8. The zero-order valence-electron chi connectivity index (χ0n) is 19.0. The van der Waals surface area contributed by atoms with Gasteiger partial charge in [-0.15, -0.1) is 0 Å². The van der Waals surface area contributed by atoms with Gasteiger partial charge in [-0.3, -0.25) is 9.69 Å². The van der Waals surface area contributed by atoms with Gasteiger partial charge in [0, 0.05) is 25.7 Å². The van der Waals surface area contributed by atoms with Gasteiger partial charge >= 0.3 is 0 Å². The second-order valence-electron chi connectivity index (χ2n) is 8.77. The van der Waals surface area contributed by atoms with Crippen LogP contribution in [0.4, 0.5) is 0 Å². The van der Waals surface area contributed by atoms with E-state index in [0.29, 0.717) is 29.8 Å². The van der Waals surface area contributed by atoms with Crippen molar-refractivity contribution in [3.05, 3.63) is 23.0 Å². The van der Waals surface area contributed by atoms with Gasteiger partial charge in [0.2, 0.25) is 16.2 Å². The van der Waals surface area contributed by atoms with Crippen LogP contribution in [0.2, 0.25) is 0 Å². The number of carbonyl (C=O) groups excluding carboxylic acids is 1. The molecule has 0 aromatic heterocycles. The molecule has 3 rings (SSSR count). The van der Waals surface area contributed by atoms with Crippen molar-refractivity contribution in [3.8, 4) is 0 Å². The third-order valence-electron chi connectivity index (χ3n) is 6.82. The van der Waals surface area contributed by atoms with Crippen LogP contribution in [0.3, 0.4) is 0 Å². The number of hydrogen-bond acceptors (Lipinski definition) is 6. The number of methoxy groups -OCH3 is 2. The van der Waals surface area contributed by atoms with E-state index in [1.807, 2.05) is 0 Å². The van der Waals surface area contributed by atoms with Crippen LogP contribution >= 0.6 is 0 Å². The standard InChI is InChI=1S/C23H36N2O5S/c1-16-14-19(21(30-3)22(31(27)28)20(16)29-2)23(26)24-15-18-12-9-13-25(18)17-10-7-5-4-6-8-11-17/h14,17-18,21H,4-13,15H2,1-3H3,(H,24,26). The fourth-order valence-electron chi connectivity index (χ4n) is 5.31. The van der Waals surface area contributed by atoms with Gasteiger partial charge in [-0.2, -0.15) is 8.42 Å². The Morgan fingerprint density at radius 2 is 1.77 bits per heavy atom. The summed E-state index contributed by atoms with van der Waals surface area (Å²) in [4.78, 5) is 15.6. The summed E-state index contributed by atoms with van der Waals surface area (Å²) in [5, 5.41) is 3.06. The predicted molar refractivity (Wildman–Crippen MR) is 121 cm³/mol. The van der Waals surface area contributed by atoms with Crippen LogP contribution < -0.4 is 5.32 Å². The quantitative estimate of drug-likeness (QED) is 0.624. The van der Waals surface area contributed by atoms with Crippen LogP contribution in [0.1, 0.15) is 64.7 Å². The number of allylic oxidation sites excluding steroid dienone is 2. The van der Waals surface area contributed by atoms with Gasteiger partial charge in [0.25, 0.3) is 0 Å². The number of amides is 1. The molecule has 1 saturated carbocycles. The molecule has 1 amide bonds. The summed E-state index contributed by atoms with van der Waals surface area (Å²) in [6.45, 7) is 3.40. The second-order valence-corrected chi connectivity index (χ2v) is 9.68. The molecular formula is C23H36N2O5S. The Morgan fingerprint density at radius 3 is 2.39 bits per heavy atom. The smallest absolute Gasteiger partial charge is 0.250 e. The van der Waals surface area contributed by atoms with Crippen molar-refractivity contribution in [3.63, 3.8) is 0 Å². The lowest BCUT2D eigenvalue weighted by Gasteiger charge is -2.34. The molecule has 7 nitrogen and oxygen atoms in total. The SMILES string of the molecule is COC1=C(C)C=C(C(=O)NCC2CCCN2C2CCCCCCC2)C(OC)C1=S(=O)=O. The third kappa shape index (κ3) is 5.59. The topological polar surface area (TPSA) is 84.9 Å². The molecule has 3 aliphatic rings. The molecule has 1 saturated heterocycles. The molecule has 2 aliphatic carbocycles. The van der Waals surface area contributed by atoms with Gasteiger partial charge in [-0.1, -0.05) is 32.1 Å². The molecule has 1 heterocycles. The van der Waals surface area contributed by atoms with Gasteiger partial charge in [-0.05, 0) is 50.8 Å². The van der Waals surface area contributed by atoms with E-state index in [1.165, 1.54) is 59.2 Å². The lowest BCUT2D eigenvalue weighted by molar-refractivity contribution is -0.118. The Labute approximate surface area is 187 Å². The van der Waals surface area contributed by atoms with E-state index < -0.39 is 16.4 Å². The molecule has 2 unspecified atom stereocenters. The van der Waals surface area contributed by atoms with Gasteiger partial charge in [0.15, 0.2) is 0 Å². The van der Waals surface area contributed by atoms with Crippen molar-refractivity contribution in [2.24, 2.45) is 0 Å². The van der Waals surface area contributed by atoms with Crippen molar-refractivity contribution < 1.29 is 22.7 Å². The molecule has 0 radical (unpaired) electrons. The number of carbonyl (C=O) groups is 1. The van der Waals surface area contributed by atoms with Crippen LogP contribution in [-0.4, -0.2) is 69.6 Å². The Kier molecular flexibility index (Phi) is 8.75. The molecule has 31 heavy (non-hydrogen) atoms. The summed E-state index contributed by atoms with van der Waals surface area (Å²) in [6.07, 6.45) is 12.0. The van der Waals surface area contributed by atoms with E-state index >= 15 is 0 Å². The molecular weight excluding hydrogens is 416 g/mol. The van der Waals surface area contributed by atoms with Gasteiger partial charge < -0.3 is 14.8 Å². The summed E-state index contributed by atoms with van der Waals surface area (Å²) in [6, 6.07) is 0.949.